The van der Waals surface area contributed by atoms with Crippen molar-refractivity contribution >= 4 is 23.4 Å². The van der Waals surface area contributed by atoms with Crippen LogP contribution in [0.25, 0.3) is 0 Å². The lowest BCUT2D eigenvalue weighted by atomic mass is 9.98. The van der Waals surface area contributed by atoms with Gasteiger partial charge in [0.05, 0.1) is 30.4 Å². The number of hydrogen-bond donors (Lipinski definition) is 3. The number of aliphatic hydroxyl groups is 1. The van der Waals surface area contributed by atoms with E-state index in [4.69, 9.17) is 14.5 Å². The number of amides is 1. The SMILES string of the molecule is COC1C=C(C(O)NC2CCOC2)C=CC1Nc1ncc2c(n1)N(C1CCCC1)CC1(CC1)C(=O)N2C. The molecule has 4 atom stereocenters. The highest BCUT2D eigenvalue weighted by molar-refractivity contribution is 6.02. The van der Waals surface area contributed by atoms with Crippen LogP contribution < -0.4 is 20.4 Å². The minimum Gasteiger partial charge on any atom is -0.380 e. The molecule has 0 radical (unpaired) electrons. The number of ether oxygens (including phenoxy) is 2. The summed E-state index contributed by atoms with van der Waals surface area (Å²) in [6.07, 6.45) is 14.0. The summed E-state index contributed by atoms with van der Waals surface area (Å²) in [7, 11) is 3.51. The molecule has 1 aromatic heterocycles. The lowest BCUT2D eigenvalue weighted by Gasteiger charge is -2.32. The molecule has 6 rings (SSSR count). The van der Waals surface area contributed by atoms with Gasteiger partial charge in [0.15, 0.2) is 5.82 Å². The number of methoxy groups -OCH3 is 1. The van der Waals surface area contributed by atoms with Crippen molar-refractivity contribution in [1.29, 1.82) is 0 Å². The highest BCUT2D eigenvalue weighted by Gasteiger charge is 2.55. The zero-order valence-electron chi connectivity index (χ0n) is 21.7. The smallest absolute Gasteiger partial charge is 0.234 e. The maximum atomic E-state index is 13.3. The molecule has 1 aromatic rings. The van der Waals surface area contributed by atoms with E-state index in [1.807, 2.05) is 25.3 Å². The van der Waals surface area contributed by atoms with Crippen molar-refractivity contribution in [3.8, 4) is 0 Å². The van der Waals surface area contributed by atoms with E-state index < -0.39 is 6.23 Å². The zero-order chi connectivity index (χ0) is 25.6. The van der Waals surface area contributed by atoms with Crippen LogP contribution in [0.3, 0.4) is 0 Å². The van der Waals surface area contributed by atoms with Gasteiger partial charge in [-0.25, -0.2) is 4.98 Å². The Morgan fingerprint density at radius 2 is 2.08 bits per heavy atom. The molecule has 5 aliphatic rings. The number of aliphatic hydroxyl groups excluding tert-OH is 1. The van der Waals surface area contributed by atoms with Crippen LogP contribution in [0.5, 0.6) is 0 Å². The number of nitrogens with one attached hydrogen (secondary N) is 2. The van der Waals surface area contributed by atoms with Crippen molar-refractivity contribution < 1.29 is 19.4 Å². The van der Waals surface area contributed by atoms with E-state index in [-0.39, 0.29) is 29.5 Å². The molecule has 0 aromatic carbocycles. The third kappa shape index (κ3) is 4.76. The first-order valence-electron chi connectivity index (χ1n) is 13.6. The second-order valence-corrected chi connectivity index (χ2v) is 11.1. The Kier molecular flexibility index (Phi) is 6.68. The van der Waals surface area contributed by atoms with E-state index >= 15 is 0 Å². The molecule has 1 saturated heterocycles. The Morgan fingerprint density at radius 3 is 2.78 bits per heavy atom. The molecule has 2 aliphatic heterocycles. The zero-order valence-corrected chi connectivity index (χ0v) is 21.7. The molecule has 10 heteroatoms. The van der Waals surface area contributed by atoms with Crippen LogP contribution in [0, 0.1) is 5.41 Å². The first kappa shape index (κ1) is 24.8. The van der Waals surface area contributed by atoms with E-state index in [0.717, 1.165) is 62.3 Å². The van der Waals surface area contributed by atoms with Gasteiger partial charge in [-0.05, 0) is 43.8 Å². The number of hydrogen-bond acceptors (Lipinski definition) is 9. The first-order valence-corrected chi connectivity index (χ1v) is 13.6. The van der Waals surface area contributed by atoms with E-state index in [1.165, 1.54) is 12.8 Å². The number of carbonyl (C=O) groups is 1. The highest BCUT2D eigenvalue weighted by Crippen LogP contribution is 2.52. The summed E-state index contributed by atoms with van der Waals surface area (Å²) in [5.74, 6) is 1.53. The Bertz CT molecular complexity index is 1080. The fourth-order valence-corrected chi connectivity index (χ4v) is 6.19. The van der Waals surface area contributed by atoms with Crippen LogP contribution in [-0.4, -0.2) is 85.4 Å². The lowest BCUT2D eigenvalue weighted by Crippen LogP contribution is -2.42. The van der Waals surface area contributed by atoms with Gasteiger partial charge >= 0.3 is 0 Å². The quantitative estimate of drug-likeness (QED) is 0.474. The van der Waals surface area contributed by atoms with Crippen molar-refractivity contribution in [3.05, 3.63) is 30.0 Å². The van der Waals surface area contributed by atoms with Crippen LogP contribution in [0.4, 0.5) is 17.5 Å². The Hall–Kier alpha value is -2.53. The van der Waals surface area contributed by atoms with Gasteiger partial charge in [0, 0.05) is 39.4 Å². The van der Waals surface area contributed by atoms with Crippen molar-refractivity contribution in [2.45, 2.75) is 75.4 Å². The Labute approximate surface area is 218 Å². The van der Waals surface area contributed by atoms with Gasteiger partial charge in [-0.15, -0.1) is 0 Å². The van der Waals surface area contributed by atoms with Gasteiger partial charge in [-0.1, -0.05) is 25.0 Å². The third-order valence-electron chi connectivity index (χ3n) is 8.65. The predicted octanol–water partition coefficient (Wildman–Crippen LogP) is 1.97. The second-order valence-electron chi connectivity index (χ2n) is 11.1. The van der Waals surface area contributed by atoms with E-state index in [1.54, 1.807) is 18.2 Å². The lowest BCUT2D eigenvalue weighted by molar-refractivity contribution is -0.122. The minimum absolute atomic E-state index is 0.150. The molecule has 3 fully saturated rings. The molecule has 10 nitrogen and oxygen atoms in total. The topological polar surface area (TPSA) is 112 Å². The van der Waals surface area contributed by atoms with Gasteiger partial charge in [0.2, 0.25) is 11.9 Å². The maximum Gasteiger partial charge on any atom is 0.234 e. The van der Waals surface area contributed by atoms with E-state index in [2.05, 4.69) is 20.5 Å². The summed E-state index contributed by atoms with van der Waals surface area (Å²) in [6, 6.07) is 0.356. The van der Waals surface area contributed by atoms with Gasteiger partial charge in [-0.2, -0.15) is 4.98 Å². The number of aromatic nitrogens is 2. The summed E-state index contributed by atoms with van der Waals surface area (Å²) in [5, 5.41) is 17.3. The molecular formula is C27H38N6O4. The number of rotatable bonds is 7. The average Bonchev–Trinajstić information content (AvgIpc) is 3.27. The van der Waals surface area contributed by atoms with Crippen LogP contribution in [0.2, 0.25) is 0 Å². The molecule has 1 spiro atoms. The largest absolute Gasteiger partial charge is 0.380 e. The number of fused-ring (bicyclic) bond motifs is 1. The molecule has 0 bridgehead atoms. The van der Waals surface area contributed by atoms with Gasteiger partial charge in [0.25, 0.3) is 0 Å². The molecule has 200 valence electrons. The average molecular weight is 511 g/mol. The Morgan fingerprint density at radius 1 is 1.27 bits per heavy atom. The minimum atomic E-state index is -0.784. The molecule has 3 aliphatic carbocycles. The van der Waals surface area contributed by atoms with Crippen LogP contribution >= 0.6 is 0 Å². The maximum absolute atomic E-state index is 13.3. The summed E-state index contributed by atoms with van der Waals surface area (Å²) in [6.45, 7) is 2.06. The molecule has 37 heavy (non-hydrogen) atoms. The monoisotopic (exact) mass is 510 g/mol. The van der Waals surface area contributed by atoms with Gasteiger partial charge < -0.3 is 29.7 Å². The fourth-order valence-electron chi connectivity index (χ4n) is 6.19. The van der Waals surface area contributed by atoms with Crippen molar-refractivity contribution in [1.82, 2.24) is 15.3 Å². The van der Waals surface area contributed by atoms with Crippen LogP contribution in [0.1, 0.15) is 44.9 Å². The third-order valence-corrected chi connectivity index (χ3v) is 8.65. The number of carbonyl (C=O) groups excluding carboxylic acids is 1. The molecule has 4 unspecified atom stereocenters. The summed E-state index contributed by atoms with van der Waals surface area (Å²) < 4.78 is 11.2. The molecule has 3 heterocycles. The van der Waals surface area contributed by atoms with Crippen molar-refractivity contribution in [3.63, 3.8) is 0 Å². The fraction of sp³-hybridized carbons (Fsp3) is 0.667. The van der Waals surface area contributed by atoms with E-state index in [0.29, 0.717) is 18.6 Å². The van der Waals surface area contributed by atoms with Crippen LogP contribution in [0.15, 0.2) is 30.0 Å². The van der Waals surface area contributed by atoms with Gasteiger partial charge in [0.1, 0.15) is 11.9 Å². The summed E-state index contributed by atoms with van der Waals surface area (Å²) in [4.78, 5) is 27.0. The van der Waals surface area contributed by atoms with Crippen LogP contribution in [-0.2, 0) is 14.3 Å². The normalized spacial score (nSPS) is 29.9. The van der Waals surface area contributed by atoms with Gasteiger partial charge in [-0.3, -0.25) is 10.1 Å². The predicted molar refractivity (Wildman–Crippen MR) is 141 cm³/mol. The number of anilines is 3. The molecule has 3 N–H and O–H groups in total. The molecule has 1 amide bonds. The highest BCUT2D eigenvalue weighted by atomic mass is 16.5. The Balaban J connectivity index is 1.22. The standard InChI is InChI=1S/C27H38N6O4/c1-32-21-14-28-26(31-23(21)33(19-5-3-4-6-19)16-27(10-11-27)25(32)35)30-20-8-7-17(13-22(20)36-2)24(34)29-18-9-12-37-15-18/h7-8,13-14,18-20,22,24,29,34H,3-6,9-12,15-16H2,1-2H3,(H,28,30,31). The number of nitrogens with zero attached hydrogens (tertiary/aromatic N) is 4. The van der Waals surface area contributed by atoms with Crippen molar-refractivity contribution in [2.24, 2.45) is 5.41 Å². The molecular weight excluding hydrogens is 472 g/mol. The second kappa shape index (κ2) is 9.98. The molecule has 2 saturated carbocycles. The first-order chi connectivity index (χ1) is 18.0. The van der Waals surface area contributed by atoms with E-state index in [9.17, 15) is 9.90 Å². The van der Waals surface area contributed by atoms with Crippen molar-refractivity contribution in [2.75, 3.05) is 49.0 Å². The summed E-state index contributed by atoms with van der Waals surface area (Å²) in [5.41, 5.74) is 1.27. The summed E-state index contributed by atoms with van der Waals surface area (Å²) >= 11 is 0.